The summed E-state index contributed by atoms with van der Waals surface area (Å²) in [4.78, 5) is 0. The molecule has 14 heavy (non-hydrogen) atoms. The van der Waals surface area contributed by atoms with Crippen molar-refractivity contribution in [1.82, 2.24) is 5.32 Å². The van der Waals surface area contributed by atoms with E-state index in [2.05, 4.69) is 42.7 Å². The van der Waals surface area contributed by atoms with Gasteiger partial charge in [0.05, 0.1) is 0 Å². The number of hydrogen-bond acceptors (Lipinski definition) is 1. The fraction of sp³-hybridized carbons (Fsp3) is 0.538. The molecular formula is C13H17N. The van der Waals surface area contributed by atoms with Crippen LogP contribution in [-0.4, -0.2) is 13.1 Å². The van der Waals surface area contributed by atoms with E-state index in [0.29, 0.717) is 5.41 Å². The molecule has 2 saturated carbocycles. The Kier molecular flexibility index (Phi) is 1.72. The van der Waals surface area contributed by atoms with Crippen LogP contribution in [0.4, 0.5) is 0 Å². The monoisotopic (exact) mass is 187 g/mol. The largest absolute Gasteiger partial charge is 0.317 e. The molecule has 0 amide bonds. The molecule has 0 saturated heterocycles. The molecule has 1 aromatic rings. The van der Waals surface area contributed by atoms with E-state index < -0.39 is 0 Å². The molecule has 3 rings (SSSR count). The van der Waals surface area contributed by atoms with E-state index in [0.717, 1.165) is 12.0 Å². The molecule has 74 valence electrons. The predicted molar refractivity (Wildman–Crippen MR) is 58.3 cm³/mol. The average Bonchev–Trinajstić information content (AvgIpc) is 2.89. The second-order valence-corrected chi connectivity index (χ2v) is 4.77. The number of benzene rings is 1. The maximum atomic E-state index is 3.45. The van der Waals surface area contributed by atoms with Crippen molar-refractivity contribution in [3.8, 4) is 0 Å². The Hall–Kier alpha value is -0.820. The van der Waals surface area contributed by atoms with Crippen molar-refractivity contribution in [2.24, 2.45) is 5.92 Å². The third-order valence-corrected chi connectivity index (χ3v) is 4.24. The van der Waals surface area contributed by atoms with Gasteiger partial charge in [-0.1, -0.05) is 30.3 Å². The number of hydrogen-bond donors (Lipinski definition) is 1. The molecule has 1 aromatic carbocycles. The van der Waals surface area contributed by atoms with Crippen LogP contribution in [0.3, 0.4) is 0 Å². The van der Waals surface area contributed by atoms with Crippen LogP contribution in [0.25, 0.3) is 0 Å². The van der Waals surface area contributed by atoms with Gasteiger partial charge in [0.25, 0.3) is 0 Å². The van der Waals surface area contributed by atoms with Gasteiger partial charge in [-0.25, -0.2) is 0 Å². The lowest BCUT2D eigenvalue weighted by molar-refractivity contribution is 0.519. The molecule has 1 N–H and O–H groups in total. The van der Waals surface area contributed by atoms with Crippen LogP contribution in [0.2, 0.25) is 0 Å². The van der Waals surface area contributed by atoms with E-state index in [4.69, 9.17) is 0 Å². The van der Waals surface area contributed by atoms with Gasteiger partial charge in [0.1, 0.15) is 0 Å². The van der Waals surface area contributed by atoms with Crippen LogP contribution in [0.15, 0.2) is 30.3 Å². The maximum Gasteiger partial charge on any atom is 0.0101 e. The van der Waals surface area contributed by atoms with Crippen LogP contribution in [0.5, 0.6) is 0 Å². The van der Waals surface area contributed by atoms with E-state index in [1.807, 2.05) is 0 Å². The molecule has 0 bridgehead atoms. The molecule has 0 radical (unpaired) electrons. The van der Waals surface area contributed by atoms with Gasteiger partial charge in [-0.05, 0) is 37.8 Å². The molecule has 2 aliphatic carbocycles. The lowest BCUT2D eigenvalue weighted by Crippen LogP contribution is -2.24. The normalized spacial score (nSPS) is 39.5. The van der Waals surface area contributed by atoms with Crippen molar-refractivity contribution in [2.45, 2.75) is 30.7 Å². The predicted octanol–water partition coefficient (Wildman–Crippen LogP) is 2.33. The summed E-state index contributed by atoms with van der Waals surface area (Å²) in [6.45, 7) is 0. The first-order valence-electron chi connectivity index (χ1n) is 5.59. The first kappa shape index (κ1) is 8.49. The van der Waals surface area contributed by atoms with Crippen LogP contribution in [-0.2, 0) is 5.41 Å². The van der Waals surface area contributed by atoms with Gasteiger partial charge < -0.3 is 5.32 Å². The van der Waals surface area contributed by atoms with Crippen molar-refractivity contribution in [2.75, 3.05) is 7.05 Å². The number of fused-ring (bicyclic) bond motifs is 1. The fourth-order valence-corrected chi connectivity index (χ4v) is 3.35. The van der Waals surface area contributed by atoms with Gasteiger partial charge in [-0.2, -0.15) is 0 Å². The van der Waals surface area contributed by atoms with Crippen LogP contribution in [0.1, 0.15) is 24.8 Å². The van der Waals surface area contributed by atoms with E-state index in [9.17, 15) is 0 Å². The average molecular weight is 187 g/mol. The highest BCUT2D eigenvalue weighted by Crippen LogP contribution is 2.64. The highest BCUT2D eigenvalue weighted by Gasteiger charge is 2.61. The van der Waals surface area contributed by atoms with Crippen LogP contribution >= 0.6 is 0 Å². The topological polar surface area (TPSA) is 12.0 Å². The summed E-state index contributed by atoms with van der Waals surface area (Å²) in [5, 5.41) is 3.45. The second-order valence-electron chi connectivity index (χ2n) is 4.77. The summed E-state index contributed by atoms with van der Waals surface area (Å²) < 4.78 is 0. The lowest BCUT2D eigenvalue weighted by Gasteiger charge is -2.11. The van der Waals surface area contributed by atoms with Gasteiger partial charge in [-0.15, -0.1) is 0 Å². The van der Waals surface area contributed by atoms with Crippen molar-refractivity contribution >= 4 is 0 Å². The van der Waals surface area contributed by atoms with Gasteiger partial charge in [0, 0.05) is 11.5 Å². The molecule has 3 unspecified atom stereocenters. The third-order valence-electron chi connectivity index (χ3n) is 4.24. The van der Waals surface area contributed by atoms with E-state index in [-0.39, 0.29) is 0 Å². The molecular weight excluding hydrogens is 170 g/mol. The zero-order chi connectivity index (χ0) is 9.60. The molecule has 1 nitrogen and oxygen atoms in total. The van der Waals surface area contributed by atoms with Gasteiger partial charge in [0.15, 0.2) is 0 Å². The number of rotatable bonds is 2. The molecule has 0 aliphatic heterocycles. The maximum absolute atomic E-state index is 3.45. The Labute approximate surface area is 85.5 Å². The fourth-order valence-electron chi connectivity index (χ4n) is 3.35. The van der Waals surface area contributed by atoms with Gasteiger partial charge in [0.2, 0.25) is 0 Å². The zero-order valence-electron chi connectivity index (χ0n) is 8.66. The quantitative estimate of drug-likeness (QED) is 0.749. The molecule has 3 atom stereocenters. The minimum atomic E-state index is 0.564. The van der Waals surface area contributed by atoms with Gasteiger partial charge >= 0.3 is 0 Å². The van der Waals surface area contributed by atoms with E-state index in [1.54, 1.807) is 5.56 Å². The smallest absolute Gasteiger partial charge is 0.0101 e. The Morgan fingerprint density at radius 3 is 2.64 bits per heavy atom. The number of nitrogens with one attached hydrogen (secondary N) is 1. The third kappa shape index (κ3) is 0.992. The zero-order valence-corrected chi connectivity index (χ0v) is 8.66. The summed E-state index contributed by atoms with van der Waals surface area (Å²) in [6.07, 6.45) is 4.14. The molecule has 0 heterocycles. The van der Waals surface area contributed by atoms with Crippen molar-refractivity contribution < 1.29 is 0 Å². The SMILES string of the molecule is CNC1CCC2(c3ccccc3)CC12. The van der Waals surface area contributed by atoms with Crippen molar-refractivity contribution in [3.63, 3.8) is 0 Å². The second kappa shape index (κ2) is 2.83. The Morgan fingerprint density at radius 2 is 2.07 bits per heavy atom. The highest BCUT2D eigenvalue weighted by molar-refractivity contribution is 5.37. The summed E-state index contributed by atoms with van der Waals surface area (Å²) in [5.41, 5.74) is 2.14. The Balaban J connectivity index is 1.89. The standard InChI is InChI=1S/C13H17N/c1-14-12-7-8-13(9-11(12)13)10-5-3-2-4-6-10/h2-6,11-12,14H,7-9H2,1H3. The van der Waals surface area contributed by atoms with Gasteiger partial charge in [-0.3, -0.25) is 0 Å². The molecule has 2 fully saturated rings. The lowest BCUT2D eigenvalue weighted by atomic mass is 9.93. The van der Waals surface area contributed by atoms with E-state index in [1.165, 1.54) is 19.3 Å². The summed E-state index contributed by atoms with van der Waals surface area (Å²) in [7, 11) is 2.10. The molecule has 2 aliphatic rings. The minimum absolute atomic E-state index is 0.564. The van der Waals surface area contributed by atoms with Crippen molar-refractivity contribution in [3.05, 3.63) is 35.9 Å². The van der Waals surface area contributed by atoms with Crippen molar-refractivity contribution in [1.29, 1.82) is 0 Å². The summed E-state index contributed by atoms with van der Waals surface area (Å²) >= 11 is 0. The summed E-state index contributed by atoms with van der Waals surface area (Å²) in [6, 6.07) is 11.8. The minimum Gasteiger partial charge on any atom is -0.317 e. The molecule has 0 aromatic heterocycles. The molecule has 0 spiro atoms. The summed E-state index contributed by atoms with van der Waals surface area (Å²) in [5.74, 6) is 0.912. The van der Waals surface area contributed by atoms with Crippen LogP contribution in [0, 0.1) is 5.92 Å². The Morgan fingerprint density at radius 1 is 1.29 bits per heavy atom. The van der Waals surface area contributed by atoms with Crippen LogP contribution < -0.4 is 5.32 Å². The first-order chi connectivity index (χ1) is 6.87. The highest BCUT2D eigenvalue weighted by atomic mass is 14.9. The first-order valence-corrected chi connectivity index (χ1v) is 5.59. The Bertz CT molecular complexity index is 332. The molecule has 1 heteroatoms. The van der Waals surface area contributed by atoms with E-state index >= 15 is 0 Å².